The summed E-state index contributed by atoms with van der Waals surface area (Å²) in [6, 6.07) is 5.53. The van der Waals surface area contributed by atoms with Gasteiger partial charge in [0.1, 0.15) is 46.8 Å². The fraction of sp³-hybridized carbons (Fsp3) is 0.457. The molecule has 4 aromatic rings. The van der Waals surface area contributed by atoms with E-state index in [-0.39, 0.29) is 63.9 Å². The van der Waals surface area contributed by atoms with Gasteiger partial charge in [0.25, 0.3) is 0 Å². The maximum Gasteiger partial charge on any atom is 0.319 e. The molecule has 4 atom stereocenters. The van der Waals surface area contributed by atoms with E-state index in [1.165, 1.54) is 24.3 Å². The van der Waals surface area contributed by atoms with E-state index in [0.717, 1.165) is 45.1 Å². The molecule has 2 saturated heterocycles. The molecule has 3 aliphatic heterocycles. The Morgan fingerprint density at radius 3 is 2.83 bits per heavy atom. The van der Waals surface area contributed by atoms with Crippen LogP contribution in [0.25, 0.3) is 32.9 Å². The molecule has 4 aliphatic rings. The first-order chi connectivity index (χ1) is 22.3. The van der Waals surface area contributed by atoms with Crippen molar-refractivity contribution in [1.82, 2.24) is 19.9 Å². The molecule has 2 aromatic carbocycles. The van der Waals surface area contributed by atoms with Crippen LogP contribution in [0.2, 0.25) is 0 Å². The standard InChI is InChI=1S/C35H34F3N5O3/c1-3-23-25(37)10-9-19-13-22(44)14-24(27(19)23)30-29(38)31-28-32(42(2)26-8-5-4-7-20(26)17-45-33(28)39-30)41-34(40-31)46-18-35-11-6-12-43(35)16-21(36)15-35/h1,9-10,13-14,20-21,26,44H,4-8,11-12,15-18H2,2H3/t20?,21-,26?,35+/m1/s1. The summed E-state index contributed by atoms with van der Waals surface area (Å²) in [6.45, 7) is 1.73. The average molecular weight is 630 g/mol. The third-order valence-corrected chi connectivity index (χ3v) is 10.5. The molecule has 8 rings (SSSR count). The maximum absolute atomic E-state index is 17.0. The van der Waals surface area contributed by atoms with Crippen molar-refractivity contribution >= 4 is 27.5 Å². The predicted molar refractivity (Wildman–Crippen MR) is 168 cm³/mol. The first kappa shape index (κ1) is 29.1. The van der Waals surface area contributed by atoms with Crippen molar-refractivity contribution in [2.75, 3.05) is 38.3 Å². The van der Waals surface area contributed by atoms with Gasteiger partial charge in [-0.2, -0.15) is 9.97 Å². The van der Waals surface area contributed by atoms with Crippen molar-refractivity contribution < 1.29 is 27.8 Å². The molecule has 2 unspecified atom stereocenters. The van der Waals surface area contributed by atoms with E-state index in [2.05, 4.69) is 25.7 Å². The van der Waals surface area contributed by atoms with Gasteiger partial charge in [-0.25, -0.2) is 18.2 Å². The van der Waals surface area contributed by atoms with Crippen LogP contribution in [0.5, 0.6) is 17.6 Å². The lowest BCUT2D eigenvalue weighted by Gasteiger charge is -2.40. The fourth-order valence-electron chi connectivity index (χ4n) is 8.34. The summed E-state index contributed by atoms with van der Waals surface area (Å²) in [5, 5.41) is 11.6. The van der Waals surface area contributed by atoms with Crippen LogP contribution in [0, 0.1) is 29.9 Å². The zero-order valence-electron chi connectivity index (χ0n) is 25.5. The molecule has 1 saturated carbocycles. The highest BCUT2D eigenvalue weighted by Gasteiger charge is 2.49. The number of halogens is 3. The number of hydrogen-bond acceptors (Lipinski definition) is 8. The average Bonchev–Trinajstić information content (AvgIpc) is 3.58. The lowest BCUT2D eigenvalue weighted by Crippen LogP contribution is -2.44. The van der Waals surface area contributed by atoms with Gasteiger partial charge in [0.15, 0.2) is 5.82 Å². The third-order valence-electron chi connectivity index (χ3n) is 10.5. The number of phenols is 1. The third kappa shape index (κ3) is 4.52. The number of terminal acetylenes is 1. The molecule has 0 amide bonds. The number of pyridine rings is 1. The number of benzene rings is 2. The van der Waals surface area contributed by atoms with Gasteiger partial charge in [-0.15, -0.1) is 6.42 Å². The molecule has 8 nitrogen and oxygen atoms in total. The Hall–Kier alpha value is -4.30. The summed E-state index contributed by atoms with van der Waals surface area (Å²) in [5.41, 5.74) is -0.683. The van der Waals surface area contributed by atoms with Crippen LogP contribution in [0.1, 0.15) is 50.5 Å². The molecule has 3 fully saturated rings. The van der Waals surface area contributed by atoms with E-state index in [0.29, 0.717) is 36.2 Å². The fourth-order valence-corrected chi connectivity index (χ4v) is 8.34. The van der Waals surface area contributed by atoms with Gasteiger partial charge >= 0.3 is 6.01 Å². The molecule has 11 heteroatoms. The summed E-state index contributed by atoms with van der Waals surface area (Å²) in [6.07, 6.45) is 10.9. The molecule has 1 aliphatic carbocycles. The molecule has 0 spiro atoms. The first-order valence-electron chi connectivity index (χ1n) is 16.0. The van der Waals surface area contributed by atoms with Crippen LogP contribution >= 0.6 is 0 Å². The second kappa shape index (κ2) is 10.9. The SMILES string of the molecule is C#Cc1c(F)ccc2cc(O)cc(-c3nc4c5c(nc(OC[C@@]67CCCN6C[C@H](F)C7)nc5c3F)N(C)C3CCCCC3CO4)c12. The number of alkyl halides is 1. The van der Waals surface area contributed by atoms with Crippen molar-refractivity contribution in [1.29, 1.82) is 0 Å². The maximum atomic E-state index is 17.0. The van der Waals surface area contributed by atoms with Gasteiger partial charge in [-0.1, -0.05) is 24.8 Å². The minimum absolute atomic E-state index is 0.0241. The molecule has 0 radical (unpaired) electrons. The number of rotatable bonds is 4. The molecule has 1 N–H and O–H groups in total. The van der Waals surface area contributed by atoms with Crippen molar-refractivity contribution in [3.63, 3.8) is 0 Å². The number of aromatic hydroxyl groups is 1. The Kier molecular flexibility index (Phi) is 6.90. The van der Waals surface area contributed by atoms with Gasteiger partial charge in [0.2, 0.25) is 5.88 Å². The zero-order chi connectivity index (χ0) is 31.7. The number of aromatic nitrogens is 3. The topological polar surface area (TPSA) is 83.8 Å². The van der Waals surface area contributed by atoms with Crippen LogP contribution < -0.4 is 14.4 Å². The van der Waals surface area contributed by atoms with Crippen LogP contribution in [0.15, 0.2) is 24.3 Å². The highest BCUT2D eigenvalue weighted by molar-refractivity contribution is 6.04. The Balaban J connectivity index is 1.34. The lowest BCUT2D eigenvalue weighted by molar-refractivity contribution is 0.107. The van der Waals surface area contributed by atoms with Crippen molar-refractivity contribution in [2.45, 2.75) is 62.7 Å². The summed E-state index contributed by atoms with van der Waals surface area (Å²) in [4.78, 5) is 18.3. The Bertz CT molecular complexity index is 1930. The number of anilines is 1. The Morgan fingerprint density at radius 1 is 1.13 bits per heavy atom. The molecule has 5 heterocycles. The monoisotopic (exact) mass is 629 g/mol. The number of hydrogen-bond donors (Lipinski definition) is 1. The van der Waals surface area contributed by atoms with E-state index < -0.39 is 23.3 Å². The normalized spacial score (nSPS) is 25.9. The van der Waals surface area contributed by atoms with E-state index >= 15 is 4.39 Å². The van der Waals surface area contributed by atoms with Crippen LogP contribution in [0.4, 0.5) is 19.0 Å². The Labute approximate surface area is 264 Å². The van der Waals surface area contributed by atoms with Gasteiger partial charge < -0.3 is 19.5 Å². The van der Waals surface area contributed by atoms with Crippen LogP contribution in [0.3, 0.4) is 0 Å². The zero-order valence-corrected chi connectivity index (χ0v) is 25.5. The molecule has 0 bridgehead atoms. The predicted octanol–water partition coefficient (Wildman–Crippen LogP) is 6.15. The summed E-state index contributed by atoms with van der Waals surface area (Å²) < 4.78 is 59.0. The van der Waals surface area contributed by atoms with E-state index in [1.54, 1.807) is 0 Å². The number of phenolic OH excluding ortho intramolecular Hbond substituents is 1. The number of ether oxygens (including phenoxy) is 2. The summed E-state index contributed by atoms with van der Waals surface area (Å²) in [5.74, 6) is 1.52. The molecular formula is C35H34F3N5O3. The minimum atomic E-state index is -0.926. The van der Waals surface area contributed by atoms with Crippen molar-refractivity contribution in [3.05, 3.63) is 41.5 Å². The highest BCUT2D eigenvalue weighted by Crippen LogP contribution is 2.45. The molecule has 46 heavy (non-hydrogen) atoms. The largest absolute Gasteiger partial charge is 0.508 e. The summed E-state index contributed by atoms with van der Waals surface area (Å²) >= 11 is 0. The van der Waals surface area contributed by atoms with Crippen molar-refractivity contribution in [3.8, 4) is 41.2 Å². The number of fused-ring (bicyclic) bond motifs is 3. The van der Waals surface area contributed by atoms with Gasteiger partial charge in [0, 0.05) is 42.9 Å². The van der Waals surface area contributed by atoms with E-state index in [9.17, 15) is 13.9 Å². The summed E-state index contributed by atoms with van der Waals surface area (Å²) in [7, 11) is 1.95. The minimum Gasteiger partial charge on any atom is -0.508 e. The lowest BCUT2D eigenvalue weighted by atomic mass is 9.84. The second-order valence-electron chi connectivity index (χ2n) is 13.2. The van der Waals surface area contributed by atoms with E-state index in [4.69, 9.17) is 20.9 Å². The highest BCUT2D eigenvalue weighted by atomic mass is 19.1. The Morgan fingerprint density at radius 2 is 1.98 bits per heavy atom. The van der Waals surface area contributed by atoms with E-state index in [1.807, 2.05) is 7.05 Å². The molecule has 2 aromatic heterocycles. The van der Waals surface area contributed by atoms with Gasteiger partial charge in [0.05, 0.1) is 17.7 Å². The second-order valence-corrected chi connectivity index (χ2v) is 13.2. The van der Waals surface area contributed by atoms with Crippen molar-refractivity contribution in [2.24, 2.45) is 5.92 Å². The number of nitrogens with zero attached hydrogens (tertiary/aromatic N) is 5. The van der Waals surface area contributed by atoms with Crippen LogP contribution in [-0.4, -0.2) is 76.1 Å². The quantitative estimate of drug-likeness (QED) is 0.269. The molecule has 238 valence electrons. The van der Waals surface area contributed by atoms with Gasteiger partial charge in [-0.05, 0) is 55.8 Å². The first-order valence-corrected chi connectivity index (χ1v) is 16.0. The smallest absolute Gasteiger partial charge is 0.319 e. The van der Waals surface area contributed by atoms with Crippen LogP contribution in [-0.2, 0) is 0 Å². The van der Waals surface area contributed by atoms with Gasteiger partial charge in [-0.3, -0.25) is 4.90 Å². The molecular weight excluding hydrogens is 595 g/mol.